The highest BCUT2D eigenvalue weighted by Crippen LogP contribution is 2.35. The van der Waals surface area contributed by atoms with Crippen molar-refractivity contribution in [1.29, 1.82) is 0 Å². The molecule has 1 saturated carbocycles. The molecule has 3 N–H and O–H groups in total. The number of hydrogen-bond donors (Lipinski definition) is 3. The first-order valence-electron chi connectivity index (χ1n) is 11.4. The normalized spacial score (nSPS) is 30.3. The van der Waals surface area contributed by atoms with Crippen molar-refractivity contribution < 1.29 is 19.2 Å². The lowest BCUT2D eigenvalue weighted by Gasteiger charge is -2.46. The molecular weight excluding hydrogens is 382 g/mol. The molecule has 1 amide bonds. The van der Waals surface area contributed by atoms with Gasteiger partial charge in [0.15, 0.2) is 0 Å². The molecule has 4 fully saturated rings. The molecule has 6 rings (SSSR count). The predicted octanol–water partition coefficient (Wildman–Crippen LogP) is 0.633. The highest BCUT2D eigenvalue weighted by Gasteiger charge is 2.46. The second kappa shape index (κ2) is 8.15. The van der Waals surface area contributed by atoms with Crippen LogP contribution in [0.25, 0.3) is 0 Å². The van der Waals surface area contributed by atoms with E-state index >= 15 is 0 Å². The lowest BCUT2D eigenvalue weighted by Crippen LogP contribution is -3.20. The summed E-state index contributed by atoms with van der Waals surface area (Å²) in [7, 11) is 0. The number of nitrogens with one attached hydrogen (secondary N) is 2. The minimum absolute atomic E-state index is 0.0780. The van der Waals surface area contributed by atoms with Gasteiger partial charge >= 0.3 is 0 Å². The number of carbonyl (C=O) groups is 1. The van der Waals surface area contributed by atoms with Crippen LogP contribution in [-0.4, -0.2) is 45.1 Å². The minimum atomic E-state index is -0.799. The van der Waals surface area contributed by atoms with E-state index in [1.165, 1.54) is 11.3 Å². The number of carbonyl (C=O) groups excluding carboxylic acids is 1. The second-order valence-electron chi connectivity index (χ2n) is 9.42. The van der Waals surface area contributed by atoms with Gasteiger partial charge in [0, 0.05) is 12.8 Å². The number of amides is 1. The van der Waals surface area contributed by atoms with Crippen LogP contribution >= 0.6 is 0 Å². The maximum Gasteiger partial charge on any atom is 0.229 e. The van der Waals surface area contributed by atoms with Crippen LogP contribution in [0.1, 0.15) is 56.4 Å². The Kier molecular flexibility index (Phi) is 5.37. The van der Waals surface area contributed by atoms with E-state index in [1.807, 2.05) is 23.0 Å². The predicted molar refractivity (Wildman–Crippen MR) is 108 cm³/mol. The van der Waals surface area contributed by atoms with Crippen LogP contribution in [0.3, 0.4) is 0 Å². The van der Waals surface area contributed by atoms with Crippen LogP contribution < -0.4 is 10.2 Å². The fourth-order valence-electron chi connectivity index (χ4n) is 5.76. The summed E-state index contributed by atoms with van der Waals surface area (Å²) >= 11 is 0. The third-order valence-electron chi connectivity index (χ3n) is 7.51. The Hall–Kier alpha value is -2.19. The third kappa shape index (κ3) is 3.90. The number of aromatic nitrogens is 3. The quantitative estimate of drug-likeness (QED) is 0.644. The van der Waals surface area contributed by atoms with E-state index in [9.17, 15) is 9.90 Å². The summed E-state index contributed by atoms with van der Waals surface area (Å²) in [6.07, 6.45) is 10.6. The van der Waals surface area contributed by atoms with Gasteiger partial charge in [0.1, 0.15) is 23.1 Å². The first-order chi connectivity index (χ1) is 14.6. The van der Waals surface area contributed by atoms with Gasteiger partial charge < -0.3 is 19.7 Å². The lowest BCUT2D eigenvalue weighted by atomic mass is 9.75. The van der Waals surface area contributed by atoms with E-state index in [0.717, 1.165) is 69.6 Å². The van der Waals surface area contributed by atoms with Gasteiger partial charge in [-0.2, -0.15) is 0 Å². The monoisotopic (exact) mass is 414 g/mol. The zero-order chi connectivity index (χ0) is 20.6. The second-order valence-corrected chi connectivity index (χ2v) is 9.42. The molecule has 5 heterocycles. The molecule has 8 nitrogen and oxygen atoms in total. The molecule has 4 atom stereocenters. The van der Waals surface area contributed by atoms with Crippen molar-refractivity contribution in [1.82, 2.24) is 20.3 Å². The van der Waals surface area contributed by atoms with E-state index in [1.54, 1.807) is 6.26 Å². The zero-order valence-corrected chi connectivity index (χ0v) is 17.4. The van der Waals surface area contributed by atoms with Crippen molar-refractivity contribution in [2.24, 2.45) is 11.8 Å². The molecule has 8 heteroatoms. The molecule has 0 aromatic carbocycles. The number of rotatable bonds is 6. The van der Waals surface area contributed by atoms with Gasteiger partial charge in [0.05, 0.1) is 44.6 Å². The molecule has 2 aromatic rings. The molecule has 0 spiro atoms. The summed E-state index contributed by atoms with van der Waals surface area (Å²) in [5.74, 6) is 1.44. The molecule has 3 saturated heterocycles. The Labute approximate surface area is 176 Å². The molecule has 0 radical (unpaired) electrons. The maximum atomic E-state index is 12.7. The Morgan fingerprint density at radius 2 is 2.23 bits per heavy atom. The fraction of sp³-hybridized carbons (Fsp3) is 0.682. The summed E-state index contributed by atoms with van der Waals surface area (Å²) in [6, 6.07) is 4.18. The Morgan fingerprint density at radius 3 is 2.97 bits per heavy atom. The lowest BCUT2D eigenvalue weighted by molar-refractivity contribution is -0.945. The van der Waals surface area contributed by atoms with Crippen molar-refractivity contribution in [3.05, 3.63) is 36.0 Å². The molecule has 162 valence electrons. The molecule has 30 heavy (non-hydrogen) atoms. The van der Waals surface area contributed by atoms with E-state index in [0.29, 0.717) is 18.5 Å². The van der Waals surface area contributed by atoms with E-state index in [2.05, 4.69) is 15.6 Å². The molecule has 3 aliphatic heterocycles. The van der Waals surface area contributed by atoms with Crippen LogP contribution in [0.15, 0.2) is 29.0 Å². The number of furan rings is 1. The third-order valence-corrected chi connectivity index (χ3v) is 7.51. The van der Waals surface area contributed by atoms with Crippen LogP contribution in [0, 0.1) is 11.8 Å². The van der Waals surface area contributed by atoms with Crippen molar-refractivity contribution in [2.75, 3.05) is 13.1 Å². The Bertz CT molecular complexity index is 858. The first-order valence-corrected chi connectivity index (χ1v) is 11.4. The Morgan fingerprint density at radius 1 is 1.37 bits per heavy atom. The number of aliphatic hydroxyl groups is 1. The highest BCUT2D eigenvalue weighted by molar-refractivity contribution is 5.79. The summed E-state index contributed by atoms with van der Waals surface area (Å²) in [5, 5.41) is 22.6. The van der Waals surface area contributed by atoms with Crippen molar-refractivity contribution in [3.63, 3.8) is 0 Å². The van der Waals surface area contributed by atoms with Gasteiger partial charge in [-0.3, -0.25) is 4.79 Å². The molecule has 2 aromatic heterocycles. The van der Waals surface area contributed by atoms with Crippen LogP contribution in [-0.2, 0) is 23.5 Å². The van der Waals surface area contributed by atoms with Gasteiger partial charge in [-0.05, 0) is 30.9 Å². The van der Waals surface area contributed by atoms with Crippen LogP contribution in [0.5, 0.6) is 0 Å². The van der Waals surface area contributed by atoms with Gasteiger partial charge in [-0.15, -0.1) is 5.10 Å². The van der Waals surface area contributed by atoms with E-state index in [-0.39, 0.29) is 11.8 Å². The summed E-state index contributed by atoms with van der Waals surface area (Å²) in [6.45, 7) is 3.25. The van der Waals surface area contributed by atoms with Crippen molar-refractivity contribution >= 4 is 5.91 Å². The van der Waals surface area contributed by atoms with Crippen molar-refractivity contribution in [3.8, 4) is 0 Å². The summed E-state index contributed by atoms with van der Waals surface area (Å²) < 4.78 is 7.23. The average molecular weight is 415 g/mol. The first kappa shape index (κ1) is 19.8. The Balaban J connectivity index is 1.18. The highest BCUT2D eigenvalue weighted by atomic mass is 16.3. The largest absolute Gasteiger partial charge is 0.467 e. The van der Waals surface area contributed by atoms with E-state index < -0.39 is 5.60 Å². The minimum Gasteiger partial charge on any atom is -0.467 e. The van der Waals surface area contributed by atoms with Crippen LogP contribution in [0.4, 0.5) is 0 Å². The number of fused-ring (bicyclic) bond motifs is 3. The molecular formula is C22H32N5O3+. The van der Waals surface area contributed by atoms with Gasteiger partial charge in [-0.25, -0.2) is 4.68 Å². The number of nitrogens with zero attached hydrogens (tertiary/aromatic N) is 3. The standard InChI is InChI=1S/C22H31N5O3/c28-21(23-12-18-5-4-10-30-18)19-14-26-9-6-16(19)11-17(26)13-27-15-20(24-25-27)22(29)7-2-1-3-8-22/h4-5,10,15-17,19,29H,1-3,6-9,11-14H2,(H,23,28)/p+1/t16-,17+,19-/m0/s1. The summed E-state index contributed by atoms with van der Waals surface area (Å²) in [4.78, 5) is 14.2. The van der Waals surface area contributed by atoms with Gasteiger partial charge in [0.25, 0.3) is 0 Å². The summed E-state index contributed by atoms with van der Waals surface area (Å²) in [5.41, 5.74) is -0.0739. The fourth-order valence-corrected chi connectivity index (χ4v) is 5.76. The van der Waals surface area contributed by atoms with Gasteiger partial charge in [0.2, 0.25) is 5.91 Å². The average Bonchev–Trinajstić information content (AvgIpc) is 3.45. The number of piperidine rings is 3. The molecule has 1 aliphatic carbocycles. The van der Waals surface area contributed by atoms with Crippen LogP contribution in [0.2, 0.25) is 0 Å². The maximum absolute atomic E-state index is 12.7. The number of hydrogen-bond acceptors (Lipinski definition) is 5. The van der Waals surface area contributed by atoms with E-state index in [4.69, 9.17) is 4.42 Å². The smallest absolute Gasteiger partial charge is 0.229 e. The molecule has 2 bridgehead atoms. The molecule has 1 unspecified atom stereocenters. The topological polar surface area (TPSA) is 97.6 Å². The zero-order valence-electron chi connectivity index (χ0n) is 17.4. The number of quaternary nitrogens is 1. The molecule has 4 aliphatic rings. The SMILES string of the molecule is O=C(NCc1ccco1)[C@H]1C[NH+]2CC[C@H]1C[C@@H]2Cn1cc(C2(O)CCCCC2)nn1. The van der Waals surface area contributed by atoms with Gasteiger partial charge in [-0.1, -0.05) is 24.5 Å². The van der Waals surface area contributed by atoms with Crippen molar-refractivity contribution in [2.45, 2.75) is 69.7 Å².